The van der Waals surface area contributed by atoms with Crippen LogP contribution in [0.25, 0.3) is 0 Å². The number of hydrogen-bond acceptors (Lipinski definition) is 3. The molecule has 3 atom stereocenters. The van der Waals surface area contributed by atoms with Crippen molar-refractivity contribution in [2.24, 2.45) is 5.92 Å². The topological polar surface area (TPSA) is 49.8 Å². The summed E-state index contributed by atoms with van der Waals surface area (Å²) in [4.78, 5) is 13.5. The lowest BCUT2D eigenvalue weighted by molar-refractivity contribution is -0.146. The molecule has 1 saturated carbocycles. The zero-order valence-corrected chi connectivity index (χ0v) is 11.3. The van der Waals surface area contributed by atoms with Gasteiger partial charge in [0.2, 0.25) is 0 Å². The number of likely N-dealkylation sites (N-methyl/N-ethyl adjacent to an activating group) is 1. The number of carbonyl (C=O) groups is 1. The van der Waals surface area contributed by atoms with Gasteiger partial charge in [-0.05, 0) is 39.2 Å². The van der Waals surface area contributed by atoms with Gasteiger partial charge in [0, 0.05) is 19.2 Å². The summed E-state index contributed by atoms with van der Waals surface area (Å²) in [6.45, 7) is 1.75. The molecule has 0 aromatic rings. The van der Waals surface area contributed by atoms with E-state index in [1.807, 2.05) is 0 Å². The Labute approximate surface area is 109 Å². The maximum absolute atomic E-state index is 11.3. The molecule has 104 valence electrons. The van der Waals surface area contributed by atoms with Gasteiger partial charge in [0.1, 0.15) is 0 Å². The van der Waals surface area contributed by atoms with E-state index in [0.717, 1.165) is 45.3 Å². The zero-order valence-electron chi connectivity index (χ0n) is 11.3. The van der Waals surface area contributed by atoms with Crippen LogP contribution < -0.4 is 0 Å². The van der Waals surface area contributed by atoms with Crippen molar-refractivity contribution in [2.45, 2.75) is 57.1 Å². The van der Waals surface area contributed by atoms with Gasteiger partial charge in [-0.1, -0.05) is 12.8 Å². The van der Waals surface area contributed by atoms with E-state index >= 15 is 0 Å². The molecule has 0 aromatic heterocycles. The van der Waals surface area contributed by atoms with E-state index in [9.17, 15) is 9.90 Å². The van der Waals surface area contributed by atoms with Crippen molar-refractivity contribution in [3.63, 3.8) is 0 Å². The van der Waals surface area contributed by atoms with Crippen molar-refractivity contribution in [2.75, 3.05) is 20.2 Å². The normalized spacial score (nSPS) is 33.6. The van der Waals surface area contributed by atoms with Gasteiger partial charge in [0.25, 0.3) is 0 Å². The molecule has 0 bridgehead atoms. The number of carboxylic acids is 1. The number of ether oxygens (including phenoxy) is 1. The van der Waals surface area contributed by atoms with Crippen LogP contribution in [0.5, 0.6) is 0 Å². The van der Waals surface area contributed by atoms with Crippen LogP contribution in [-0.2, 0) is 9.53 Å². The second-order valence-corrected chi connectivity index (χ2v) is 5.72. The van der Waals surface area contributed by atoms with Gasteiger partial charge in [0.15, 0.2) is 0 Å². The molecular weight excluding hydrogens is 230 g/mol. The van der Waals surface area contributed by atoms with Crippen molar-refractivity contribution in [1.29, 1.82) is 0 Å². The molecule has 1 saturated heterocycles. The zero-order chi connectivity index (χ0) is 13.0. The minimum absolute atomic E-state index is 0.188. The van der Waals surface area contributed by atoms with Crippen LogP contribution in [0.1, 0.15) is 44.9 Å². The summed E-state index contributed by atoms with van der Waals surface area (Å²) in [5.41, 5.74) is 0. The van der Waals surface area contributed by atoms with Crippen molar-refractivity contribution in [3.8, 4) is 0 Å². The summed E-state index contributed by atoms with van der Waals surface area (Å²) >= 11 is 0. The smallest absolute Gasteiger partial charge is 0.308 e. The van der Waals surface area contributed by atoms with Gasteiger partial charge in [-0.25, -0.2) is 0 Å². The van der Waals surface area contributed by atoms with Crippen LogP contribution in [0.3, 0.4) is 0 Å². The van der Waals surface area contributed by atoms with E-state index in [4.69, 9.17) is 4.74 Å². The molecular formula is C14H25NO3. The summed E-state index contributed by atoms with van der Waals surface area (Å²) in [7, 11) is 2.06. The third-order valence-electron chi connectivity index (χ3n) is 4.38. The summed E-state index contributed by atoms with van der Waals surface area (Å²) in [6.07, 6.45) is 7.89. The molecule has 2 rings (SSSR count). The Morgan fingerprint density at radius 2 is 1.94 bits per heavy atom. The molecule has 2 fully saturated rings. The molecule has 1 aliphatic carbocycles. The fourth-order valence-electron chi connectivity index (χ4n) is 3.33. The van der Waals surface area contributed by atoms with Crippen LogP contribution in [0, 0.1) is 5.92 Å². The van der Waals surface area contributed by atoms with E-state index in [-0.39, 0.29) is 12.0 Å². The summed E-state index contributed by atoms with van der Waals surface area (Å²) in [6, 6.07) is 0.196. The highest BCUT2D eigenvalue weighted by atomic mass is 16.5. The predicted octanol–water partition coefficient (Wildman–Crippen LogP) is 2.13. The molecule has 18 heavy (non-hydrogen) atoms. The highest BCUT2D eigenvalue weighted by Crippen LogP contribution is 2.29. The fourth-order valence-corrected chi connectivity index (χ4v) is 3.33. The van der Waals surface area contributed by atoms with Crippen molar-refractivity contribution in [1.82, 2.24) is 4.90 Å². The van der Waals surface area contributed by atoms with Crippen LogP contribution in [-0.4, -0.2) is 48.3 Å². The van der Waals surface area contributed by atoms with E-state index in [0.29, 0.717) is 6.10 Å². The maximum Gasteiger partial charge on any atom is 0.308 e. The number of rotatable bonds is 4. The molecule has 4 heteroatoms. The van der Waals surface area contributed by atoms with Gasteiger partial charge < -0.3 is 9.84 Å². The summed E-state index contributed by atoms with van der Waals surface area (Å²) in [5.74, 6) is -0.816. The fraction of sp³-hybridized carbons (Fsp3) is 0.929. The molecule has 2 aliphatic rings. The highest BCUT2D eigenvalue weighted by molar-refractivity contribution is 5.71. The highest BCUT2D eigenvalue weighted by Gasteiger charge is 2.34. The molecule has 0 spiro atoms. The van der Waals surface area contributed by atoms with E-state index in [1.165, 1.54) is 12.8 Å². The van der Waals surface area contributed by atoms with E-state index < -0.39 is 5.97 Å². The van der Waals surface area contributed by atoms with Crippen LogP contribution in [0.2, 0.25) is 0 Å². The Morgan fingerprint density at radius 1 is 1.22 bits per heavy atom. The Bertz CT molecular complexity index is 276. The van der Waals surface area contributed by atoms with E-state index in [2.05, 4.69) is 11.9 Å². The Morgan fingerprint density at radius 3 is 2.61 bits per heavy atom. The third kappa shape index (κ3) is 3.45. The van der Waals surface area contributed by atoms with E-state index in [1.54, 1.807) is 0 Å². The Kier molecular flexibility index (Phi) is 5.01. The molecule has 1 heterocycles. The Balaban J connectivity index is 1.88. The van der Waals surface area contributed by atoms with Crippen LogP contribution in [0.4, 0.5) is 0 Å². The largest absolute Gasteiger partial charge is 0.481 e. The monoisotopic (exact) mass is 255 g/mol. The first-order valence-electron chi connectivity index (χ1n) is 7.23. The number of nitrogens with zero attached hydrogens (tertiary/aromatic N) is 1. The number of aliphatic carboxylic acids is 1. The lowest BCUT2D eigenvalue weighted by Crippen LogP contribution is -2.46. The standard InChI is InChI=1S/C14H25NO3/c1-15(10-11-6-4-5-9-18-11)13-8-3-2-7-12(13)14(16)17/h11-13H,2-10H2,1H3,(H,16,17). The first-order valence-corrected chi connectivity index (χ1v) is 7.23. The maximum atomic E-state index is 11.3. The molecule has 1 N–H and O–H groups in total. The summed E-state index contributed by atoms with van der Waals surface area (Å²) in [5, 5.41) is 9.31. The SMILES string of the molecule is CN(CC1CCCCO1)C1CCCCC1C(=O)O. The quantitative estimate of drug-likeness (QED) is 0.836. The first-order chi connectivity index (χ1) is 8.68. The van der Waals surface area contributed by atoms with Gasteiger partial charge in [-0.2, -0.15) is 0 Å². The second-order valence-electron chi connectivity index (χ2n) is 5.72. The number of carboxylic acid groups (broad SMARTS) is 1. The lowest BCUT2D eigenvalue weighted by Gasteiger charge is -2.38. The minimum atomic E-state index is -0.629. The molecule has 1 aliphatic heterocycles. The third-order valence-corrected chi connectivity index (χ3v) is 4.38. The van der Waals surface area contributed by atoms with Crippen LogP contribution >= 0.6 is 0 Å². The average molecular weight is 255 g/mol. The van der Waals surface area contributed by atoms with Crippen LogP contribution in [0.15, 0.2) is 0 Å². The molecule has 4 nitrogen and oxygen atoms in total. The van der Waals surface area contributed by atoms with Crippen molar-refractivity contribution < 1.29 is 14.6 Å². The predicted molar refractivity (Wildman–Crippen MR) is 69.6 cm³/mol. The molecule has 0 aromatic carbocycles. The molecule has 0 amide bonds. The minimum Gasteiger partial charge on any atom is -0.481 e. The van der Waals surface area contributed by atoms with Crippen molar-refractivity contribution in [3.05, 3.63) is 0 Å². The molecule has 0 radical (unpaired) electrons. The summed E-state index contributed by atoms with van der Waals surface area (Å²) < 4.78 is 5.75. The van der Waals surface area contributed by atoms with Gasteiger partial charge in [-0.15, -0.1) is 0 Å². The number of hydrogen-bond donors (Lipinski definition) is 1. The average Bonchev–Trinajstić information content (AvgIpc) is 2.40. The second kappa shape index (κ2) is 6.53. The molecule has 3 unspecified atom stereocenters. The Hall–Kier alpha value is -0.610. The lowest BCUT2D eigenvalue weighted by atomic mass is 9.83. The van der Waals surface area contributed by atoms with Gasteiger partial charge >= 0.3 is 5.97 Å². The van der Waals surface area contributed by atoms with Gasteiger partial charge in [0.05, 0.1) is 12.0 Å². The first kappa shape index (κ1) is 13.8. The van der Waals surface area contributed by atoms with Gasteiger partial charge in [-0.3, -0.25) is 9.69 Å². The van der Waals surface area contributed by atoms with Crippen molar-refractivity contribution >= 4 is 5.97 Å².